The van der Waals surface area contributed by atoms with Crippen LogP contribution in [0, 0.1) is 0 Å². The highest BCUT2D eigenvalue weighted by Gasteiger charge is 2.30. The van der Waals surface area contributed by atoms with Gasteiger partial charge in [-0.25, -0.2) is 0 Å². The largest absolute Gasteiger partial charge is 0.416 e. The fraction of sp³-hybridized carbons (Fsp3) is 0.417. The molecule has 0 aliphatic heterocycles. The van der Waals surface area contributed by atoms with E-state index in [2.05, 4.69) is 5.32 Å². The van der Waals surface area contributed by atoms with Crippen LogP contribution in [0.4, 0.5) is 13.2 Å². The molecule has 0 aliphatic rings. The Bertz CT molecular complexity index is 421. The van der Waals surface area contributed by atoms with Crippen LogP contribution in [-0.2, 0) is 10.9 Å². The third-order valence-electron chi connectivity index (χ3n) is 2.22. The average molecular weight is 277 g/mol. The quantitative estimate of drug-likeness (QED) is 0.774. The molecule has 0 fully saturated rings. The maximum atomic E-state index is 12.4. The molecule has 7 heteroatoms. The molecule has 19 heavy (non-hydrogen) atoms. The number of halogens is 3. The first-order valence-corrected chi connectivity index (χ1v) is 5.59. The molecular weight excluding hydrogens is 263 g/mol. The first-order valence-electron chi connectivity index (χ1n) is 5.59. The molecule has 0 heterocycles. The van der Waals surface area contributed by atoms with Gasteiger partial charge in [0.2, 0.25) is 0 Å². The van der Waals surface area contributed by atoms with Crippen molar-refractivity contribution in [3.05, 3.63) is 35.4 Å². The lowest BCUT2D eigenvalue weighted by atomic mass is 10.1. The molecule has 1 amide bonds. The summed E-state index contributed by atoms with van der Waals surface area (Å²) < 4.78 is 42.2. The molecule has 1 rings (SSSR count). The molecule has 0 saturated carbocycles. The second-order valence-electron chi connectivity index (χ2n) is 3.67. The molecule has 0 radical (unpaired) electrons. The monoisotopic (exact) mass is 277 g/mol. The molecule has 4 nitrogen and oxygen atoms in total. The molecule has 106 valence electrons. The summed E-state index contributed by atoms with van der Waals surface area (Å²) in [5.74, 6) is -0.598. The van der Waals surface area contributed by atoms with Crippen LogP contribution in [0.2, 0.25) is 0 Å². The second kappa shape index (κ2) is 7.10. The van der Waals surface area contributed by atoms with Gasteiger partial charge < -0.3 is 15.2 Å². The summed E-state index contributed by atoms with van der Waals surface area (Å²) in [6.07, 6.45) is -4.47. The topological polar surface area (TPSA) is 58.6 Å². The van der Waals surface area contributed by atoms with E-state index in [1.807, 2.05) is 0 Å². The van der Waals surface area contributed by atoms with Crippen molar-refractivity contribution in [3.63, 3.8) is 0 Å². The lowest BCUT2D eigenvalue weighted by Crippen LogP contribution is -2.27. The second-order valence-corrected chi connectivity index (χ2v) is 3.67. The Kier molecular flexibility index (Phi) is 5.78. The Hall–Kier alpha value is -1.60. The number of benzene rings is 1. The highest BCUT2D eigenvalue weighted by Crippen LogP contribution is 2.29. The number of nitrogens with one attached hydrogen (secondary N) is 1. The van der Waals surface area contributed by atoms with Crippen molar-refractivity contribution in [2.24, 2.45) is 0 Å². The van der Waals surface area contributed by atoms with Crippen LogP contribution < -0.4 is 5.32 Å². The number of aliphatic hydroxyl groups excluding tert-OH is 1. The van der Waals surface area contributed by atoms with Gasteiger partial charge in [0.25, 0.3) is 5.91 Å². The van der Waals surface area contributed by atoms with E-state index in [4.69, 9.17) is 9.84 Å². The van der Waals surface area contributed by atoms with Crippen molar-refractivity contribution in [2.45, 2.75) is 6.18 Å². The van der Waals surface area contributed by atoms with E-state index in [9.17, 15) is 18.0 Å². The molecule has 0 spiro atoms. The number of hydrogen-bond donors (Lipinski definition) is 2. The molecular formula is C12H14F3NO3. The number of aliphatic hydroxyl groups is 1. The van der Waals surface area contributed by atoms with Gasteiger partial charge in [-0.1, -0.05) is 6.07 Å². The summed E-state index contributed by atoms with van der Waals surface area (Å²) in [4.78, 5) is 11.6. The summed E-state index contributed by atoms with van der Waals surface area (Å²) in [6, 6.07) is 4.18. The zero-order valence-corrected chi connectivity index (χ0v) is 10.0. The molecule has 0 saturated heterocycles. The zero-order chi connectivity index (χ0) is 14.3. The van der Waals surface area contributed by atoms with E-state index >= 15 is 0 Å². The van der Waals surface area contributed by atoms with Gasteiger partial charge in [-0.15, -0.1) is 0 Å². The number of alkyl halides is 3. The maximum Gasteiger partial charge on any atom is 0.416 e. The number of carbonyl (C=O) groups excluding carboxylic acids is 1. The first-order chi connectivity index (χ1) is 8.95. The Morgan fingerprint density at radius 2 is 2.05 bits per heavy atom. The Balaban J connectivity index is 2.53. The van der Waals surface area contributed by atoms with Gasteiger partial charge in [0.15, 0.2) is 0 Å². The molecule has 0 atom stereocenters. The minimum absolute atomic E-state index is 0.0583. The van der Waals surface area contributed by atoms with Crippen LogP contribution in [0.1, 0.15) is 15.9 Å². The number of hydrogen-bond acceptors (Lipinski definition) is 3. The maximum absolute atomic E-state index is 12.4. The summed E-state index contributed by atoms with van der Waals surface area (Å²) in [5.41, 5.74) is -0.923. The van der Waals surface area contributed by atoms with Crippen molar-refractivity contribution in [3.8, 4) is 0 Å². The molecule has 1 aromatic rings. The highest BCUT2D eigenvalue weighted by molar-refractivity contribution is 5.94. The lowest BCUT2D eigenvalue weighted by Gasteiger charge is -2.09. The van der Waals surface area contributed by atoms with E-state index < -0.39 is 17.6 Å². The molecule has 0 aromatic heterocycles. The smallest absolute Gasteiger partial charge is 0.394 e. The van der Waals surface area contributed by atoms with E-state index in [1.165, 1.54) is 12.1 Å². The third kappa shape index (κ3) is 5.27. The van der Waals surface area contributed by atoms with Crippen LogP contribution in [0.15, 0.2) is 24.3 Å². The zero-order valence-electron chi connectivity index (χ0n) is 10.0. The Morgan fingerprint density at radius 3 is 2.68 bits per heavy atom. The van der Waals surface area contributed by atoms with Gasteiger partial charge in [0.1, 0.15) is 0 Å². The van der Waals surface area contributed by atoms with Crippen LogP contribution in [0.3, 0.4) is 0 Å². The highest BCUT2D eigenvalue weighted by atomic mass is 19.4. The molecule has 0 aliphatic carbocycles. The average Bonchev–Trinajstić information content (AvgIpc) is 2.37. The summed E-state index contributed by atoms with van der Waals surface area (Å²) >= 11 is 0. The van der Waals surface area contributed by atoms with Gasteiger partial charge >= 0.3 is 6.18 Å². The van der Waals surface area contributed by atoms with Crippen molar-refractivity contribution in [1.29, 1.82) is 0 Å². The van der Waals surface area contributed by atoms with Crippen LogP contribution >= 0.6 is 0 Å². The van der Waals surface area contributed by atoms with Gasteiger partial charge in [-0.05, 0) is 18.2 Å². The van der Waals surface area contributed by atoms with E-state index in [1.54, 1.807) is 0 Å². The SMILES string of the molecule is O=C(NCCOCCO)c1cccc(C(F)(F)F)c1. The number of ether oxygens (including phenoxy) is 1. The van der Waals surface area contributed by atoms with E-state index in [0.29, 0.717) is 0 Å². The summed E-state index contributed by atoms with van der Waals surface area (Å²) in [5, 5.41) is 10.9. The minimum Gasteiger partial charge on any atom is -0.394 e. The molecule has 1 aromatic carbocycles. The Labute approximate surface area is 108 Å². The summed E-state index contributed by atoms with van der Waals surface area (Å²) in [7, 11) is 0. The van der Waals surface area contributed by atoms with Gasteiger partial charge in [0, 0.05) is 12.1 Å². The fourth-order valence-electron chi connectivity index (χ4n) is 1.34. The molecule has 0 unspecified atom stereocenters. The third-order valence-corrected chi connectivity index (χ3v) is 2.22. The van der Waals surface area contributed by atoms with Gasteiger partial charge in [-0.3, -0.25) is 4.79 Å². The van der Waals surface area contributed by atoms with Crippen LogP contribution in [0.5, 0.6) is 0 Å². The Morgan fingerprint density at radius 1 is 1.32 bits per heavy atom. The van der Waals surface area contributed by atoms with Gasteiger partial charge in [0.05, 0.1) is 25.4 Å². The normalized spacial score (nSPS) is 11.4. The lowest BCUT2D eigenvalue weighted by molar-refractivity contribution is -0.137. The van der Waals surface area contributed by atoms with Crippen LogP contribution in [-0.4, -0.2) is 37.4 Å². The molecule has 2 N–H and O–H groups in total. The van der Waals surface area contributed by atoms with E-state index in [0.717, 1.165) is 12.1 Å². The van der Waals surface area contributed by atoms with E-state index in [-0.39, 0.29) is 31.9 Å². The van der Waals surface area contributed by atoms with Crippen LogP contribution in [0.25, 0.3) is 0 Å². The predicted octanol–water partition coefficient (Wildman–Crippen LogP) is 1.44. The first kappa shape index (κ1) is 15.5. The van der Waals surface area contributed by atoms with Crippen molar-refractivity contribution in [2.75, 3.05) is 26.4 Å². The fourth-order valence-corrected chi connectivity index (χ4v) is 1.34. The van der Waals surface area contributed by atoms with Crippen molar-refractivity contribution in [1.82, 2.24) is 5.32 Å². The van der Waals surface area contributed by atoms with Crippen molar-refractivity contribution >= 4 is 5.91 Å². The minimum atomic E-state index is -4.47. The predicted molar refractivity (Wildman–Crippen MR) is 61.7 cm³/mol. The van der Waals surface area contributed by atoms with Gasteiger partial charge in [-0.2, -0.15) is 13.2 Å². The summed E-state index contributed by atoms with van der Waals surface area (Å²) in [6.45, 7) is 0.376. The number of amides is 1. The number of rotatable bonds is 6. The van der Waals surface area contributed by atoms with Crippen molar-refractivity contribution < 1.29 is 27.8 Å². The number of carbonyl (C=O) groups is 1. The molecule has 0 bridgehead atoms. The standard InChI is InChI=1S/C12H14F3NO3/c13-12(14,15)10-3-1-2-9(8-10)11(18)16-4-6-19-7-5-17/h1-3,8,17H,4-7H2,(H,16,18).